The molecule has 0 radical (unpaired) electrons. The van der Waals surface area contributed by atoms with Gasteiger partial charge in [0.05, 0.1) is 28.2 Å². The highest BCUT2D eigenvalue weighted by atomic mass is 32.2. The van der Waals surface area contributed by atoms with E-state index < -0.39 is 10.0 Å². The minimum absolute atomic E-state index is 0.0743. The van der Waals surface area contributed by atoms with Gasteiger partial charge in [-0.25, -0.2) is 22.9 Å². The van der Waals surface area contributed by atoms with Gasteiger partial charge in [-0.1, -0.05) is 25.5 Å². The van der Waals surface area contributed by atoms with Crippen LogP contribution in [0.1, 0.15) is 25.6 Å². The van der Waals surface area contributed by atoms with Crippen LogP contribution in [0, 0.1) is 5.82 Å². The third kappa shape index (κ3) is 4.73. The van der Waals surface area contributed by atoms with Crippen LogP contribution in [-0.4, -0.2) is 49.0 Å². The van der Waals surface area contributed by atoms with Gasteiger partial charge in [-0.15, -0.1) is 0 Å². The number of nitrogens with two attached hydrogens (primary N) is 1. The predicted octanol–water partition coefficient (Wildman–Crippen LogP) is 2.95. The van der Waals surface area contributed by atoms with Gasteiger partial charge >= 0.3 is 0 Å². The van der Waals surface area contributed by atoms with E-state index in [2.05, 4.69) is 21.3 Å². The first-order chi connectivity index (χ1) is 14.9. The highest BCUT2D eigenvalue weighted by molar-refractivity contribution is 7.89. The van der Waals surface area contributed by atoms with Crippen molar-refractivity contribution in [3.8, 4) is 0 Å². The van der Waals surface area contributed by atoms with Crippen LogP contribution in [0.15, 0.2) is 47.4 Å². The van der Waals surface area contributed by atoms with Crippen molar-refractivity contribution in [2.45, 2.75) is 37.8 Å². The van der Waals surface area contributed by atoms with Crippen molar-refractivity contribution in [3.05, 3.63) is 54.1 Å². The van der Waals surface area contributed by atoms with E-state index >= 15 is 0 Å². The minimum atomic E-state index is -3.77. The molecule has 31 heavy (non-hydrogen) atoms. The van der Waals surface area contributed by atoms with Gasteiger partial charge in [0, 0.05) is 32.7 Å². The minimum Gasteiger partial charge on any atom is -0.367 e. The number of hydrogen-bond acceptors (Lipinski definition) is 5. The molecule has 2 aromatic carbocycles. The van der Waals surface area contributed by atoms with E-state index in [1.807, 2.05) is 12.1 Å². The number of aryl methyl sites for hydroxylation is 1. The third-order valence-corrected chi connectivity index (χ3v) is 6.70. The molecule has 9 heteroatoms. The van der Waals surface area contributed by atoms with Gasteiger partial charge in [0.25, 0.3) is 0 Å². The van der Waals surface area contributed by atoms with Crippen molar-refractivity contribution in [1.82, 2.24) is 14.5 Å². The molecular formula is C22H28FN5O2S. The summed E-state index contributed by atoms with van der Waals surface area (Å²) < 4.78 is 39.7. The molecule has 0 unspecified atom stereocenters. The fraction of sp³-hybridized carbons (Fsp3) is 0.409. The van der Waals surface area contributed by atoms with Gasteiger partial charge < -0.3 is 9.47 Å². The van der Waals surface area contributed by atoms with Gasteiger partial charge in [-0.2, -0.15) is 0 Å². The number of benzene rings is 2. The molecule has 1 aliphatic heterocycles. The molecule has 4 rings (SSSR count). The summed E-state index contributed by atoms with van der Waals surface area (Å²) in [6, 6.07) is 11.8. The van der Waals surface area contributed by atoms with E-state index in [0.29, 0.717) is 17.7 Å². The molecule has 7 nitrogen and oxygen atoms in total. The highest BCUT2D eigenvalue weighted by Gasteiger charge is 2.22. The molecule has 0 amide bonds. The summed E-state index contributed by atoms with van der Waals surface area (Å²) in [6.45, 7) is 6.71. The molecule has 0 aliphatic carbocycles. The molecular weight excluding hydrogens is 417 g/mol. The van der Waals surface area contributed by atoms with Crippen LogP contribution in [0.4, 0.5) is 10.1 Å². The van der Waals surface area contributed by atoms with Crippen molar-refractivity contribution in [2.75, 3.05) is 31.1 Å². The van der Waals surface area contributed by atoms with E-state index in [4.69, 9.17) is 10.1 Å². The number of fused-ring (bicyclic) bond motifs is 1. The van der Waals surface area contributed by atoms with Crippen molar-refractivity contribution in [1.29, 1.82) is 0 Å². The Labute approximate surface area is 182 Å². The lowest BCUT2D eigenvalue weighted by Gasteiger charge is -2.36. The second-order valence-corrected chi connectivity index (χ2v) is 9.50. The fourth-order valence-electron chi connectivity index (χ4n) is 4.08. The van der Waals surface area contributed by atoms with E-state index in [9.17, 15) is 12.8 Å². The molecule has 166 valence electrons. The van der Waals surface area contributed by atoms with Crippen molar-refractivity contribution in [3.63, 3.8) is 0 Å². The Morgan fingerprint density at radius 1 is 1.10 bits per heavy atom. The van der Waals surface area contributed by atoms with E-state index in [1.165, 1.54) is 6.07 Å². The van der Waals surface area contributed by atoms with Gasteiger partial charge in [0.15, 0.2) is 0 Å². The summed E-state index contributed by atoms with van der Waals surface area (Å²) in [6.07, 6.45) is 2.06. The van der Waals surface area contributed by atoms with Crippen LogP contribution < -0.4 is 10.0 Å². The monoisotopic (exact) mass is 445 g/mol. The molecule has 2 N–H and O–H groups in total. The summed E-state index contributed by atoms with van der Waals surface area (Å²) in [5.74, 6) is 0.720. The number of primary sulfonamides is 1. The number of anilines is 1. The second kappa shape index (κ2) is 8.94. The summed E-state index contributed by atoms with van der Waals surface area (Å²) >= 11 is 0. The molecule has 2 heterocycles. The van der Waals surface area contributed by atoms with Gasteiger partial charge in [-0.05, 0) is 36.8 Å². The first kappa shape index (κ1) is 21.7. The number of piperazine rings is 1. The van der Waals surface area contributed by atoms with Crippen LogP contribution in [0.2, 0.25) is 0 Å². The standard InChI is InChI=1S/C22H28FN5O2S/c1-2-3-10-28-21-9-8-17(31(24,29)30)15-19(21)25-22(28)16-26-11-13-27(14-12-26)20-7-5-4-6-18(20)23/h4-9,15H,2-3,10-14,16H2,1H3,(H2,24,29,30). The zero-order valence-electron chi connectivity index (χ0n) is 17.7. The first-order valence-electron chi connectivity index (χ1n) is 10.6. The molecule has 0 bridgehead atoms. The van der Waals surface area contributed by atoms with Gasteiger partial charge in [-0.3, -0.25) is 4.90 Å². The lowest BCUT2D eigenvalue weighted by Crippen LogP contribution is -2.46. The maximum Gasteiger partial charge on any atom is 0.238 e. The van der Waals surface area contributed by atoms with Crippen LogP contribution in [0.5, 0.6) is 0 Å². The maximum absolute atomic E-state index is 14.1. The molecule has 1 aromatic heterocycles. The summed E-state index contributed by atoms with van der Waals surface area (Å²) in [5, 5.41) is 5.29. The molecule has 1 saturated heterocycles. The zero-order chi connectivity index (χ0) is 22.0. The molecule has 3 aromatic rings. The van der Waals surface area contributed by atoms with Crippen LogP contribution in [0.25, 0.3) is 11.0 Å². The number of aromatic nitrogens is 2. The van der Waals surface area contributed by atoms with Crippen LogP contribution in [-0.2, 0) is 23.1 Å². The molecule has 1 fully saturated rings. The van der Waals surface area contributed by atoms with Crippen molar-refractivity contribution >= 4 is 26.7 Å². The quantitative estimate of drug-likeness (QED) is 0.605. The average molecular weight is 446 g/mol. The number of sulfonamides is 1. The number of nitrogens with zero attached hydrogens (tertiary/aromatic N) is 4. The number of unbranched alkanes of at least 4 members (excludes halogenated alkanes) is 1. The number of halogens is 1. The lowest BCUT2D eigenvalue weighted by atomic mass is 10.2. The summed E-state index contributed by atoms with van der Waals surface area (Å²) in [7, 11) is -3.77. The number of rotatable bonds is 7. The average Bonchev–Trinajstić information content (AvgIpc) is 3.09. The number of imidazole rings is 1. The smallest absolute Gasteiger partial charge is 0.238 e. The topological polar surface area (TPSA) is 84.5 Å². The Kier molecular flexibility index (Phi) is 6.27. The summed E-state index contributed by atoms with van der Waals surface area (Å²) in [4.78, 5) is 9.21. The Morgan fingerprint density at radius 2 is 1.84 bits per heavy atom. The number of para-hydroxylation sites is 1. The Hall–Kier alpha value is -2.49. The predicted molar refractivity (Wildman–Crippen MR) is 120 cm³/mol. The third-order valence-electron chi connectivity index (χ3n) is 5.79. The van der Waals surface area contributed by atoms with Gasteiger partial charge in [0.1, 0.15) is 11.6 Å². The van der Waals surface area contributed by atoms with E-state index in [1.54, 1.807) is 24.3 Å². The second-order valence-electron chi connectivity index (χ2n) is 7.94. The van der Waals surface area contributed by atoms with Crippen molar-refractivity contribution in [2.24, 2.45) is 5.14 Å². The Bertz CT molecular complexity index is 1170. The molecule has 0 spiro atoms. The highest BCUT2D eigenvalue weighted by Crippen LogP contribution is 2.24. The first-order valence-corrected chi connectivity index (χ1v) is 12.1. The fourth-order valence-corrected chi connectivity index (χ4v) is 4.61. The van der Waals surface area contributed by atoms with Crippen molar-refractivity contribution < 1.29 is 12.8 Å². The van der Waals surface area contributed by atoms with Crippen LogP contribution in [0.3, 0.4) is 0 Å². The molecule has 0 saturated carbocycles. The van der Waals surface area contributed by atoms with E-state index in [0.717, 1.165) is 56.9 Å². The van der Waals surface area contributed by atoms with Crippen LogP contribution >= 0.6 is 0 Å². The number of hydrogen-bond donors (Lipinski definition) is 1. The SMILES string of the molecule is CCCCn1c(CN2CCN(c3ccccc3F)CC2)nc2cc(S(N)(=O)=O)ccc21. The largest absolute Gasteiger partial charge is 0.367 e. The molecule has 0 atom stereocenters. The zero-order valence-corrected chi connectivity index (χ0v) is 18.5. The normalized spacial score (nSPS) is 15.6. The Balaban J connectivity index is 1.54. The maximum atomic E-state index is 14.1. The van der Waals surface area contributed by atoms with Gasteiger partial charge in [0.2, 0.25) is 10.0 Å². The lowest BCUT2D eigenvalue weighted by molar-refractivity contribution is 0.240. The molecule has 1 aliphatic rings. The summed E-state index contributed by atoms with van der Waals surface area (Å²) in [5.41, 5.74) is 2.20. The Morgan fingerprint density at radius 3 is 2.52 bits per heavy atom. The van der Waals surface area contributed by atoms with E-state index in [-0.39, 0.29) is 10.7 Å².